The van der Waals surface area contributed by atoms with Crippen molar-refractivity contribution in [3.05, 3.63) is 95.1 Å². The molecule has 1 aliphatic heterocycles. The van der Waals surface area contributed by atoms with Crippen molar-refractivity contribution in [3.8, 4) is 46.0 Å². The Kier molecular flexibility index (Phi) is 12.5. The molecule has 0 aromatic heterocycles. The quantitative estimate of drug-likeness (QED) is 0.114. The van der Waals surface area contributed by atoms with Crippen molar-refractivity contribution < 1.29 is 42.6 Å². The normalized spacial score (nSPS) is 19.5. The Balaban J connectivity index is 1.26. The van der Waals surface area contributed by atoms with Gasteiger partial charge in [-0.05, 0) is 96.5 Å². The van der Waals surface area contributed by atoms with Crippen LogP contribution in [0.15, 0.2) is 72.8 Å². The summed E-state index contributed by atoms with van der Waals surface area (Å²) in [4.78, 5) is 0. The summed E-state index contributed by atoms with van der Waals surface area (Å²) in [5, 5.41) is 0. The molecule has 5 rings (SSSR count). The molecule has 6 atom stereocenters. The van der Waals surface area contributed by atoms with Gasteiger partial charge >= 0.3 is 0 Å². The van der Waals surface area contributed by atoms with Gasteiger partial charge in [0.1, 0.15) is 12.2 Å². The van der Waals surface area contributed by atoms with E-state index in [0.29, 0.717) is 58.8 Å². The van der Waals surface area contributed by atoms with Crippen molar-refractivity contribution in [3.63, 3.8) is 0 Å². The van der Waals surface area contributed by atoms with Crippen molar-refractivity contribution >= 4 is 0 Å². The van der Waals surface area contributed by atoms with Gasteiger partial charge in [0.05, 0.1) is 54.9 Å². The molecule has 0 spiro atoms. The number of benzene rings is 4. The lowest BCUT2D eigenvalue weighted by Gasteiger charge is -2.21. The molecular formula is C42H52O9. The van der Waals surface area contributed by atoms with Gasteiger partial charge in [-0.25, -0.2) is 0 Å². The monoisotopic (exact) mass is 700 g/mol. The summed E-state index contributed by atoms with van der Waals surface area (Å²) in [7, 11) is 9.88. The minimum atomic E-state index is -0.124. The third-order valence-corrected chi connectivity index (χ3v) is 9.71. The maximum Gasteiger partial charge on any atom is 0.161 e. The highest BCUT2D eigenvalue weighted by Gasteiger charge is 2.41. The molecule has 0 radical (unpaired) electrons. The number of rotatable bonds is 16. The maximum atomic E-state index is 6.80. The van der Waals surface area contributed by atoms with Crippen LogP contribution in [0.4, 0.5) is 0 Å². The topological polar surface area (TPSA) is 83.1 Å². The fraction of sp³-hybridized carbons (Fsp3) is 0.429. The lowest BCUT2D eigenvalue weighted by molar-refractivity contribution is 0.0287. The van der Waals surface area contributed by atoms with Crippen LogP contribution in [-0.2, 0) is 17.6 Å². The molecule has 274 valence electrons. The van der Waals surface area contributed by atoms with Crippen LogP contribution in [0, 0.1) is 11.8 Å². The molecule has 4 aromatic carbocycles. The number of hydrogen-bond acceptors (Lipinski definition) is 9. The van der Waals surface area contributed by atoms with E-state index in [-0.39, 0.29) is 36.3 Å². The minimum absolute atomic E-state index is 0.107. The summed E-state index contributed by atoms with van der Waals surface area (Å²) in [5.74, 6) is 6.00. The maximum absolute atomic E-state index is 6.80. The highest BCUT2D eigenvalue weighted by Crippen LogP contribution is 2.51. The van der Waals surface area contributed by atoms with Crippen LogP contribution in [0.3, 0.4) is 0 Å². The van der Waals surface area contributed by atoms with Crippen LogP contribution in [0.5, 0.6) is 46.0 Å². The second-order valence-corrected chi connectivity index (χ2v) is 13.2. The predicted octanol–water partition coefficient (Wildman–Crippen LogP) is 8.84. The molecular weight excluding hydrogens is 648 g/mol. The first-order valence-electron chi connectivity index (χ1n) is 17.4. The minimum Gasteiger partial charge on any atom is -0.493 e. The molecule has 1 saturated heterocycles. The van der Waals surface area contributed by atoms with E-state index in [1.165, 1.54) is 0 Å². The Morgan fingerprint density at radius 1 is 0.451 bits per heavy atom. The van der Waals surface area contributed by atoms with Gasteiger partial charge in [0.25, 0.3) is 0 Å². The Bertz CT molecular complexity index is 1630. The molecule has 0 saturated carbocycles. The first kappa shape index (κ1) is 37.5. The molecule has 0 unspecified atom stereocenters. The van der Waals surface area contributed by atoms with Crippen molar-refractivity contribution in [1.29, 1.82) is 0 Å². The van der Waals surface area contributed by atoms with E-state index < -0.39 is 0 Å². The van der Waals surface area contributed by atoms with Crippen LogP contribution in [0.2, 0.25) is 0 Å². The van der Waals surface area contributed by atoms with Gasteiger partial charge in [0.2, 0.25) is 0 Å². The zero-order valence-electron chi connectivity index (χ0n) is 31.5. The van der Waals surface area contributed by atoms with Crippen molar-refractivity contribution in [2.45, 2.75) is 65.0 Å². The molecule has 0 aliphatic carbocycles. The molecule has 9 heteroatoms. The van der Waals surface area contributed by atoms with E-state index in [1.54, 1.807) is 42.7 Å². The second kappa shape index (κ2) is 17.0. The van der Waals surface area contributed by atoms with E-state index in [9.17, 15) is 0 Å². The molecule has 9 nitrogen and oxygen atoms in total. The largest absolute Gasteiger partial charge is 0.493 e. The van der Waals surface area contributed by atoms with Gasteiger partial charge < -0.3 is 42.6 Å². The standard InChI is InChI=1S/C42H52O9/c1-25(19-29-11-15-33(43-5)37(21-29)45-7)49-35-17-13-31(23-39(35)47-9)41-27(3)28(4)42(51-41)32-14-18-36(40(24-32)48-10)50-26(2)20-30-12-16-34(44-6)38(22-30)46-8/h11-18,21-28,41-42H,19-20H2,1-10H3/t25-,26-,27-,28-,41+,42+/m1/s1. The van der Waals surface area contributed by atoms with Gasteiger partial charge in [0, 0.05) is 12.8 Å². The SMILES string of the molecule is COc1ccc(C[C@@H](C)Oc2ccc([C@H]3O[C@H](c4ccc(O[C@H](C)Cc5ccc(OC)c(OC)c5)c(OC)c4)[C@H](C)[C@H]3C)cc2OC)cc1OC. The molecule has 0 amide bonds. The number of methoxy groups -OCH3 is 6. The Labute approximate surface area is 302 Å². The van der Waals surface area contributed by atoms with E-state index in [4.69, 9.17) is 42.6 Å². The smallest absolute Gasteiger partial charge is 0.161 e. The molecule has 4 aromatic rings. The first-order chi connectivity index (χ1) is 24.6. The van der Waals surface area contributed by atoms with Crippen LogP contribution in [-0.4, -0.2) is 54.9 Å². The highest BCUT2D eigenvalue weighted by atomic mass is 16.5. The van der Waals surface area contributed by atoms with E-state index in [1.807, 2.05) is 74.5 Å². The summed E-state index contributed by atoms with van der Waals surface area (Å²) in [6.07, 6.45) is 0.921. The molecule has 0 bridgehead atoms. The van der Waals surface area contributed by atoms with E-state index in [0.717, 1.165) is 22.3 Å². The summed E-state index contributed by atoms with van der Waals surface area (Å²) in [5.41, 5.74) is 4.27. The van der Waals surface area contributed by atoms with Crippen LogP contribution in [0.25, 0.3) is 0 Å². The molecule has 1 aliphatic rings. The highest BCUT2D eigenvalue weighted by molar-refractivity contribution is 5.47. The van der Waals surface area contributed by atoms with Gasteiger partial charge in [-0.15, -0.1) is 0 Å². The average Bonchev–Trinajstić information content (AvgIpc) is 3.44. The van der Waals surface area contributed by atoms with Crippen LogP contribution in [0.1, 0.15) is 62.2 Å². The first-order valence-corrected chi connectivity index (χ1v) is 17.4. The third kappa shape index (κ3) is 8.59. The van der Waals surface area contributed by atoms with Gasteiger partial charge in [-0.2, -0.15) is 0 Å². The molecule has 51 heavy (non-hydrogen) atoms. The van der Waals surface area contributed by atoms with Gasteiger partial charge in [-0.3, -0.25) is 0 Å². The molecule has 0 N–H and O–H groups in total. The summed E-state index contributed by atoms with van der Waals surface area (Å²) in [6, 6.07) is 24.0. The van der Waals surface area contributed by atoms with E-state index in [2.05, 4.69) is 26.0 Å². The number of hydrogen-bond donors (Lipinski definition) is 0. The van der Waals surface area contributed by atoms with E-state index >= 15 is 0 Å². The Hall–Kier alpha value is -4.76. The second-order valence-electron chi connectivity index (χ2n) is 13.2. The summed E-state index contributed by atoms with van der Waals surface area (Å²) < 4.78 is 52.9. The Morgan fingerprint density at radius 2 is 0.784 bits per heavy atom. The van der Waals surface area contributed by atoms with Crippen molar-refractivity contribution in [1.82, 2.24) is 0 Å². The van der Waals surface area contributed by atoms with Crippen LogP contribution < -0.4 is 37.9 Å². The predicted molar refractivity (Wildman–Crippen MR) is 198 cm³/mol. The fourth-order valence-electron chi connectivity index (χ4n) is 6.83. The average molecular weight is 701 g/mol. The molecule has 1 heterocycles. The van der Waals surface area contributed by atoms with Gasteiger partial charge in [0.15, 0.2) is 46.0 Å². The summed E-state index contributed by atoms with van der Waals surface area (Å²) >= 11 is 0. The lowest BCUT2D eigenvalue weighted by Crippen LogP contribution is -2.16. The van der Waals surface area contributed by atoms with Crippen molar-refractivity contribution in [2.75, 3.05) is 42.7 Å². The Morgan fingerprint density at radius 3 is 1.14 bits per heavy atom. The van der Waals surface area contributed by atoms with Gasteiger partial charge in [-0.1, -0.05) is 38.1 Å². The fourth-order valence-corrected chi connectivity index (χ4v) is 6.83. The third-order valence-electron chi connectivity index (χ3n) is 9.71. The number of ether oxygens (including phenoxy) is 9. The van der Waals surface area contributed by atoms with Crippen molar-refractivity contribution in [2.24, 2.45) is 11.8 Å². The zero-order valence-corrected chi connectivity index (χ0v) is 31.5. The molecule has 1 fully saturated rings. The summed E-state index contributed by atoms with van der Waals surface area (Å²) in [6.45, 7) is 8.56. The zero-order chi connectivity index (χ0) is 36.7. The lowest BCUT2D eigenvalue weighted by atomic mass is 9.85. The van der Waals surface area contributed by atoms with Crippen LogP contribution >= 0.6 is 0 Å².